The second-order valence-corrected chi connectivity index (χ2v) is 4.41. The van der Waals surface area contributed by atoms with Crippen molar-refractivity contribution in [2.45, 2.75) is 25.9 Å². The lowest BCUT2D eigenvalue weighted by molar-refractivity contribution is -0.143. The predicted molar refractivity (Wildman–Crippen MR) is 62.2 cm³/mol. The maximum atomic E-state index is 12.7. The fraction of sp³-hybridized carbons (Fsp3) is 0.455. The van der Waals surface area contributed by atoms with Gasteiger partial charge in [0.15, 0.2) is 5.69 Å². The Bertz CT molecular complexity index is 504. The quantitative estimate of drug-likeness (QED) is 0.463. The van der Waals surface area contributed by atoms with E-state index in [0.29, 0.717) is 6.07 Å². The van der Waals surface area contributed by atoms with Gasteiger partial charge in [0.2, 0.25) is 0 Å². The molecule has 1 aromatic heterocycles. The van der Waals surface area contributed by atoms with E-state index in [1.165, 1.54) is 0 Å². The lowest BCUT2D eigenvalue weighted by atomic mass is 10.1. The first-order valence-electron chi connectivity index (χ1n) is 5.37. The van der Waals surface area contributed by atoms with E-state index in [9.17, 15) is 26.7 Å². The first-order valence-corrected chi connectivity index (χ1v) is 6.16. The van der Waals surface area contributed by atoms with Crippen molar-refractivity contribution in [3.8, 4) is 0 Å². The predicted octanol–water partition coefficient (Wildman–Crippen LogP) is 3.91. The molecule has 1 heterocycles. The lowest BCUT2D eigenvalue weighted by Crippen LogP contribution is -2.15. The molecule has 0 atom stereocenters. The van der Waals surface area contributed by atoms with Crippen LogP contribution < -0.4 is 0 Å². The number of hydrogen-bond donors (Lipinski definition) is 0. The molecule has 20 heavy (non-hydrogen) atoms. The Morgan fingerprint density at radius 1 is 1.45 bits per heavy atom. The summed E-state index contributed by atoms with van der Waals surface area (Å²) < 4.78 is 67.4. The van der Waals surface area contributed by atoms with Gasteiger partial charge in [0.1, 0.15) is 4.60 Å². The summed E-state index contributed by atoms with van der Waals surface area (Å²) in [5.41, 5.74) is -3.03. The molecule has 0 amide bonds. The molecule has 0 aliphatic heterocycles. The Hall–Kier alpha value is -1.25. The molecule has 0 N–H and O–H groups in total. The van der Waals surface area contributed by atoms with Gasteiger partial charge in [-0.1, -0.05) is 0 Å². The van der Waals surface area contributed by atoms with Crippen LogP contribution in [-0.2, 0) is 22.1 Å². The molecule has 0 saturated carbocycles. The first-order chi connectivity index (χ1) is 9.16. The van der Waals surface area contributed by atoms with E-state index in [-0.39, 0.29) is 16.8 Å². The van der Waals surface area contributed by atoms with Crippen molar-refractivity contribution >= 4 is 21.9 Å². The Morgan fingerprint density at radius 2 is 2.05 bits per heavy atom. The van der Waals surface area contributed by atoms with Crippen LogP contribution in [-0.4, -0.2) is 17.6 Å². The number of hydrogen-bond acceptors (Lipinski definition) is 3. The van der Waals surface area contributed by atoms with E-state index in [1.54, 1.807) is 6.92 Å². The molecule has 0 unspecified atom stereocenters. The zero-order valence-corrected chi connectivity index (χ0v) is 11.7. The summed E-state index contributed by atoms with van der Waals surface area (Å²) in [4.78, 5) is 14.3. The number of carbonyl (C=O) groups is 1. The molecule has 0 bridgehead atoms. The highest BCUT2D eigenvalue weighted by Gasteiger charge is 2.38. The van der Waals surface area contributed by atoms with Gasteiger partial charge in [-0.25, -0.2) is 13.8 Å². The minimum absolute atomic E-state index is 0.0756. The number of halogens is 6. The highest BCUT2D eigenvalue weighted by molar-refractivity contribution is 9.10. The molecule has 0 saturated heterocycles. The zero-order valence-electron chi connectivity index (χ0n) is 10.1. The van der Waals surface area contributed by atoms with Gasteiger partial charge < -0.3 is 4.74 Å². The molecule has 0 fully saturated rings. The van der Waals surface area contributed by atoms with Crippen LogP contribution in [0.25, 0.3) is 0 Å². The third-order valence-electron chi connectivity index (χ3n) is 2.22. The second kappa shape index (κ2) is 6.47. The number of pyridine rings is 1. The molecule has 3 nitrogen and oxygen atoms in total. The summed E-state index contributed by atoms with van der Waals surface area (Å²) in [6.07, 6.45) is -8.80. The van der Waals surface area contributed by atoms with Gasteiger partial charge in [0.25, 0.3) is 6.43 Å². The summed E-state index contributed by atoms with van der Waals surface area (Å²) in [7, 11) is 0. The summed E-state index contributed by atoms with van der Waals surface area (Å²) in [5, 5.41) is 0. The van der Waals surface area contributed by atoms with Crippen molar-refractivity contribution < 1.29 is 31.5 Å². The van der Waals surface area contributed by atoms with Gasteiger partial charge in [-0.2, -0.15) is 13.2 Å². The number of alkyl halides is 5. The molecular weight excluding hydrogens is 353 g/mol. The summed E-state index contributed by atoms with van der Waals surface area (Å²) in [6, 6.07) is 0.613. The SMILES string of the molecule is CCOC(=O)Cc1cc(C(F)F)c(C(F)(F)F)nc1Br. The molecule has 0 aliphatic carbocycles. The van der Waals surface area contributed by atoms with Crippen LogP contribution in [0.2, 0.25) is 0 Å². The van der Waals surface area contributed by atoms with Crippen LogP contribution in [0.5, 0.6) is 0 Å². The van der Waals surface area contributed by atoms with Crippen molar-refractivity contribution in [3.05, 3.63) is 27.5 Å². The number of esters is 1. The molecule has 9 heteroatoms. The van der Waals surface area contributed by atoms with Gasteiger partial charge in [-0.15, -0.1) is 0 Å². The Labute approximate surface area is 119 Å². The van der Waals surface area contributed by atoms with Crippen molar-refractivity contribution in [2.75, 3.05) is 6.61 Å². The molecule has 1 aromatic rings. The fourth-order valence-corrected chi connectivity index (χ4v) is 1.87. The third kappa shape index (κ3) is 4.12. The second-order valence-electron chi connectivity index (χ2n) is 3.66. The lowest BCUT2D eigenvalue weighted by Gasteiger charge is -2.14. The van der Waals surface area contributed by atoms with E-state index in [2.05, 4.69) is 25.7 Å². The maximum absolute atomic E-state index is 12.7. The summed E-state index contributed by atoms with van der Waals surface area (Å²) >= 11 is 2.74. The molecule has 0 aliphatic rings. The molecule has 0 radical (unpaired) electrons. The zero-order chi connectivity index (χ0) is 15.5. The van der Waals surface area contributed by atoms with Gasteiger partial charge in [-0.05, 0) is 34.5 Å². The van der Waals surface area contributed by atoms with Crippen molar-refractivity contribution in [1.29, 1.82) is 0 Å². The smallest absolute Gasteiger partial charge is 0.433 e. The van der Waals surface area contributed by atoms with Gasteiger partial charge in [0.05, 0.1) is 13.0 Å². The number of rotatable bonds is 4. The largest absolute Gasteiger partial charge is 0.466 e. The highest BCUT2D eigenvalue weighted by Crippen LogP contribution is 2.37. The minimum atomic E-state index is -5.00. The van der Waals surface area contributed by atoms with E-state index < -0.39 is 36.2 Å². The van der Waals surface area contributed by atoms with E-state index >= 15 is 0 Å². The van der Waals surface area contributed by atoms with Crippen LogP contribution in [0, 0.1) is 0 Å². The molecule has 1 rings (SSSR count). The molecule has 0 spiro atoms. The molecule has 0 aromatic carbocycles. The van der Waals surface area contributed by atoms with E-state index in [1.807, 2.05) is 0 Å². The monoisotopic (exact) mass is 361 g/mol. The number of ether oxygens (including phenoxy) is 1. The number of carbonyl (C=O) groups excluding carboxylic acids is 1. The van der Waals surface area contributed by atoms with Crippen LogP contribution in [0.3, 0.4) is 0 Å². The normalized spacial score (nSPS) is 11.8. The fourth-order valence-electron chi connectivity index (χ4n) is 1.44. The maximum Gasteiger partial charge on any atom is 0.433 e. The minimum Gasteiger partial charge on any atom is -0.466 e. The Balaban J connectivity index is 3.24. The van der Waals surface area contributed by atoms with Crippen molar-refractivity contribution in [2.24, 2.45) is 0 Å². The highest BCUT2D eigenvalue weighted by atomic mass is 79.9. The topological polar surface area (TPSA) is 39.2 Å². The van der Waals surface area contributed by atoms with Gasteiger partial charge in [-0.3, -0.25) is 4.79 Å². The van der Waals surface area contributed by atoms with Crippen LogP contribution >= 0.6 is 15.9 Å². The van der Waals surface area contributed by atoms with Crippen molar-refractivity contribution in [1.82, 2.24) is 4.98 Å². The Kier molecular flexibility index (Phi) is 5.43. The molecular formula is C11H9BrF5NO2. The number of aromatic nitrogens is 1. The van der Waals surface area contributed by atoms with Crippen LogP contribution in [0.15, 0.2) is 10.7 Å². The first kappa shape index (κ1) is 16.8. The van der Waals surface area contributed by atoms with Gasteiger partial charge >= 0.3 is 12.1 Å². The van der Waals surface area contributed by atoms with Crippen LogP contribution in [0.4, 0.5) is 22.0 Å². The standard InChI is InChI=1S/C11H9BrF5NO2/c1-2-20-7(19)4-5-3-6(10(13)14)8(11(15,16)17)18-9(5)12/h3,10H,2,4H2,1H3. The Morgan fingerprint density at radius 3 is 2.50 bits per heavy atom. The number of nitrogens with zero attached hydrogens (tertiary/aromatic N) is 1. The van der Waals surface area contributed by atoms with Crippen LogP contribution in [0.1, 0.15) is 30.2 Å². The van der Waals surface area contributed by atoms with Gasteiger partial charge in [0, 0.05) is 5.56 Å². The van der Waals surface area contributed by atoms with E-state index in [4.69, 9.17) is 0 Å². The van der Waals surface area contributed by atoms with Crippen molar-refractivity contribution in [3.63, 3.8) is 0 Å². The summed E-state index contributed by atoms with van der Waals surface area (Å²) in [6.45, 7) is 1.62. The van der Waals surface area contributed by atoms with E-state index in [0.717, 1.165) is 0 Å². The third-order valence-corrected chi connectivity index (χ3v) is 2.91. The average Bonchev–Trinajstić information content (AvgIpc) is 2.30. The molecule has 112 valence electrons. The average molecular weight is 362 g/mol. The summed E-state index contributed by atoms with van der Waals surface area (Å²) in [5.74, 6) is -0.741.